The summed E-state index contributed by atoms with van der Waals surface area (Å²) >= 11 is 5.87. The molecule has 2 rings (SSSR count). The first-order valence-corrected chi connectivity index (χ1v) is 7.72. The van der Waals surface area contributed by atoms with Crippen molar-refractivity contribution in [1.29, 1.82) is 0 Å². The highest BCUT2D eigenvalue weighted by molar-refractivity contribution is 7.90. The number of amides is 1. The Bertz CT molecular complexity index is 745. The minimum Gasteiger partial charge on any atom is -0.320 e. The molecule has 0 spiro atoms. The number of halogens is 1. The first-order chi connectivity index (χ1) is 9.38. The normalized spacial score (nSPS) is 11.1. The smallest absolute Gasteiger partial charge is 0.258 e. The van der Waals surface area contributed by atoms with Crippen LogP contribution in [-0.2, 0) is 9.84 Å². The summed E-state index contributed by atoms with van der Waals surface area (Å²) in [5, 5.41) is 2.77. The van der Waals surface area contributed by atoms with Gasteiger partial charge in [0, 0.05) is 18.6 Å². The fourth-order valence-corrected chi connectivity index (χ4v) is 2.17. The molecule has 0 atom stereocenters. The molecule has 0 radical (unpaired) electrons. The van der Waals surface area contributed by atoms with E-state index in [1.807, 2.05) is 0 Å². The monoisotopic (exact) mass is 311 g/mol. The van der Waals surface area contributed by atoms with Crippen LogP contribution in [0.15, 0.2) is 41.8 Å². The highest BCUT2D eigenvalue weighted by atomic mass is 35.5. The van der Waals surface area contributed by atoms with Crippen molar-refractivity contribution in [2.24, 2.45) is 0 Å². The standard InChI is InChI=1S/C12H10ClN3O3S/c1-20(18,19)11-3-2-8(6-15-11)16-12(17)9-7-14-5-4-10(9)13/h2-7H,1H3,(H,16,17). The van der Waals surface area contributed by atoms with E-state index in [1.54, 1.807) is 0 Å². The molecule has 1 amide bonds. The molecular weight excluding hydrogens is 302 g/mol. The lowest BCUT2D eigenvalue weighted by atomic mass is 10.2. The molecule has 2 heterocycles. The van der Waals surface area contributed by atoms with Gasteiger partial charge in [-0.3, -0.25) is 9.78 Å². The largest absolute Gasteiger partial charge is 0.320 e. The zero-order chi connectivity index (χ0) is 14.8. The van der Waals surface area contributed by atoms with Crippen LogP contribution < -0.4 is 5.32 Å². The summed E-state index contributed by atoms with van der Waals surface area (Å²) in [4.78, 5) is 19.5. The molecule has 0 aliphatic heterocycles. The van der Waals surface area contributed by atoms with Gasteiger partial charge in [-0.2, -0.15) is 0 Å². The highest BCUT2D eigenvalue weighted by Crippen LogP contribution is 2.16. The Balaban J connectivity index is 2.19. The van der Waals surface area contributed by atoms with Gasteiger partial charge in [-0.15, -0.1) is 0 Å². The summed E-state index contributed by atoms with van der Waals surface area (Å²) in [5.41, 5.74) is 0.587. The number of aromatic nitrogens is 2. The van der Waals surface area contributed by atoms with E-state index in [9.17, 15) is 13.2 Å². The lowest BCUT2D eigenvalue weighted by Crippen LogP contribution is -2.13. The summed E-state index contributed by atoms with van der Waals surface area (Å²) in [5.74, 6) is -0.447. The summed E-state index contributed by atoms with van der Waals surface area (Å²) in [6.45, 7) is 0. The number of nitrogens with zero attached hydrogens (tertiary/aromatic N) is 2. The van der Waals surface area contributed by atoms with Crippen molar-refractivity contribution >= 4 is 33.0 Å². The molecule has 0 aliphatic carbocycles. The fraction of sp³-hybridized carbons (Fsp3) is 0.0833. The zero-order valence-corrected chi connectivity index (χ0v) is 11.9. The van der Waals surface area contributed by atoms with E-state index in [0.717, 1.165) is 6.26 Å². The number of sulfone groups is 1. The molecule has 0 saturated heterocycles. The molecule has 1 N–H and O–H groups in total. The van der Waals surface area contributed by atoms with Crippen LogP contribution in [0, 0.1) is 0 Å². The van der Waals surface area contributed by atoms with Crippen LogP contribution >= 0.6 is 11.6 Å². The van der Waals surface area contributed by atoms with Gasteiger partial charge in [-0.05, 0) is 18.2 Å². The zero-order valence-electron chi connectivity index (χ0n) is 10.4. The number of carbonyl (C=O) groups is 1. The third-order valence-corrected chi connectivity index (χ3v) is 3.72. The summed E-state index contributed by atoms with van der Waals surface area (Å²) in [7, 11) is -3.36. The van der Waals surface area contributed by atoms with Gasteiger partial charge in [0.15, 0.2) is 14.9 Å². The summed E-state index contributed by atoms with van der Waals surface area (Å²) < 4.78 is 22.5. The van der Waals surface area contributed by atoms with Crippen molar-refractivity contribution in [2.75, 3.05) is 11.6 Å². The molecule has 20 heavy (non-hydrogen) atoms. The van der Waals surface area contributed by atoms with Gasteiger partial charge in [-0.25, -0.2) is 13.4 Å². The van der Waals surface area contributed by atoms with Crippen LogP contribution in [-0.4, -0.2) is 30.5 Å². The molecule has 104 valence electrons. The number of nitrogens with one attached hydrogen (secondary N) is 1. The molecule has 2 aromatic rings. The number of anilines is 1. The molecule has 2 aromatic heterocycles. The van der Waals surface area contributed by atoms with E-state index in [-0.39, 0.29) is 15.6 Å². The van der Waals surface area contributed by atoms with Gasteiger partial charge in [0.25, 0.3) is 5.91 Å². The third-order valence-electron chi connectivity index (χ3n) is 2.39. The molecule has 8 heteroatoms. The van der Waals surface area contributed by atoms with Crippen LogP contribution in [0.3, 0.4) is 0 Å². The fourth-order valence-electron chi connectivity index (χ4n) is 1.42. The Morgan fingerprint density at radius 1 is 1.25 bits per heavy atom. The first kappa shape index (κ1) is 14.4. The van der Waals surface area contributed by atoms with Crippen LogP contribution in [0.25, 0.3) is 0 Å². The van der Waals surface area contributed by atoms with Crippen molar-refractivity contribution < 1.29 is 13.2 Å². The van der Waals surface area contributed by atoms with Crippen molar-refractivity contribution in [1.82, 2.24) is 9.97 Å². The van der Waals surface area contributed by atoms with Crippen molar-refractivity contribution in [2.45, 2.75) is 5.03 Å². The Kier molecular flexibility index (Phi) is 4.01. The minimum atomic E-state index is -3.36. The Morgan fingerprint density at radius 3 is 2.55 bits per heavy atom. The SMILES string of the molecule is CS(=O)(=O)c1ccc(NC(=O)c2cnccc2Cl)cn1. The molecule has 0 bridgehead atoms. The Hall–Kier alpha value is -1.99. The Morgan fingerprint density at radius 2 is 2.00 bits per heavy atom. The topological polar surface area (TPSA) is 89.0 Å². The van der Waals surface area contributed by atoms with Crippen LogP contribution in [0.5, 0.6) is 0 Å². The van der Waals surface area contributed by atoms with Gasteiger partial charge in [0.05, 0.1) is 22.5 Å². The minimum absolute atomic E-state index is 0.0603. The quantitative estimate of drug-likeness (QED) is 0.933. The summed E-state index contributed by atoms with van der Waals surface area (Å²) in [6, 6.07) is 4.27. The maximum Gasteiger partial charge on any atom is 0.258 e. The second-order valence-corrected chi connectivity index (χ2v) is 6.34. The van der Waals surface area contributed by atoms with E-state index in [4.69, 9.17) is 11.6 Å². The highest BCUT2D eigenvalue weighted by Gasteiger charge is 2.12. The van der Waals surface area contributed by atoms with Gasteiger partial charge < -0.3 is 5.32 Å². The number of pyridine rings is 2. The maximum atomic E-state index is 11.9. The lowest BCUT2D eigenvalue weighted by Gasteiger charge is -2.06. The molecule has 6 nitrogen and oxygen atoms in total. The maximum absolute atomic E-state index is 11.9. The van der Waals surface area contributed by atoms with E-state index >= 15 is 0 Å². The lowest BCUT2D eigenvalue weighted by molar-refractivity contribution is 0.102. The molecule has 0 unspecified atom stereocenters. The van der Waals surface area contributed by atoms with Gasteiger partial charge in [0.1, 0.15) is 0 Å². The predicted molar refractivity (Wildman–Crippen MR) is 74.5 cm³/mol. The van der Waals surface area contributed by atoms with E-state index in [1.165, 1.54) is 36.8 Å². The number of hydrogen-bond acceptors (Lipinski definition) is 5. The second-order valence-electron chi connectivity index (χ2n) is 3.97. The number of rotatable bonds is 3. The van der Waals surface area contributed by atoms with E-state index in [0.29, 0.717) is 5.69 Å². The van der Waals surface area contributed by atoms with Gasteiger partial charge in [0.2, 0.25) is 0 Å². The first-order valence-electron chi connectivity index (χ1n) is 5.45. The molecule has 0 aliphatic rings. The van der Waals surface area contributed by atoms with Crippen LogP contribution in [0.4, 0.5) is 5.69 Å². The van der Waals surface area contributed by atoms with E-state index in [2.05, 4.69) is 15.3 Å². The molecule has 0 aromatic carbocycles. The predicted octanol–water partition coefficient (Wildman–Crippen LogP) is 1.79. The average Bonchev–Trinajstić information content (AvgIpc) is 2.38. The Labute approximate surface area is 120 Å². The number of hydrogen-bond donors (Lipinski definition) is 1. The average molecular weight is 312 g/mol. The second kappa shape index (κ2) is 5.56. The van der Waals surface area contributed by atoms with Crippen molar-refractivity contribution in [3.63, 3.8) is 0 Å². The van der Waals surface area contributed by atoms with Crippen molar-refractivity contribution in [3.05, 3.63) is 47.4 Å². The summed E-state index contributed by atoms with van der Waals surface area (Å²) in [6.07, 6.45) is 5.14. The third kappa shape index (κ3) is 3.31. The number of carbonyl (C=O) groups excluding carboxylic acids is 1. The van der Waals surface area contributed by atoms with Crippen LogP contribution in [0.1, 0.15) is 10.4 Å². The van der Waals surface area contributed by atoms with Gasteiger partial charge >= 0.3 is 0 Å². The van der Waals surface area contributed by atoms with Crippen molar-refractivity contribution in [3.8, 4) is 0 Å². The van der Waals surface area contributed by atoms with Gasteiger partial charge in [-0.1, -0.05) is 11.6 Å². The van der Waals surface area contributed by atoms with Crippen LogP contribution in [0.2, 0.25) is 5.02 Å². The molecular formula is C12H10ClN3O3S. The molecule has 0 saturated carbocycles. The molecule has 0 fully saturated rings. The van der Waals surface area contributed by atoms with E-state index < -0.39 is 15.7 Å².